The zero-order valence-electron chi connectivity index (χ0n) is 13.0. The summed E-state index contributed by atoms with van der Waals surface area (Å²) >= 11 is 8.89. The van der Waals surface area contributed by atoms with E-state index in [9.17, 15) is 4.79 Å². The van der Waals surface area contributed by atoms with E-state index in [1.807, 2.05) is 11.4 Å². The number of thiazole rings is 1. The number of thioether (sulfide) groups is 1. The van der Waals surface area contributed by atoms with Crippen LogP contribution < -0.4 is 5.32 Å². The normalized spacial score (nSPS) is 10.6. The summed E-state index contributed by atoms with van der Waals surface area (Å²) in [5, 5.41) is 5.45. The molecule has 0 saturated heterocycles. The van der Waals surface area contributed by atoms with Crippen LogP contribution in [0.25, 0.3) is 11.3 Å². The maximum Gasteiger partial charge on any atom is 0.234 e. The Hall–Kier alpha value is -1.82. The fourth-order valence-corrected chi connectivity index (χ4v) is 3.90. The molecule has 3 rings (SSSR count). The van der Waals surface area contributed by atoms with Crippen LogP contribution in [0, 0.1) is 6.92 Å². The Morgan fingerprint density at radius 2 is 2.04 bits per heavy atom. The van der Waals surface area contributed by atoms with Crippen molar-refractivity contribution in [1.29, 1.82) is 0 Å². The van der Waals surface area contributed by atoms with Crippen LogP contribution in [0.15, 0.2) is 58.3 Å². The number of aryl methyl sites for hydroxylation is 1. The second-order valence-electron chi connectivity index (χ2n) is 5.21. The first kappa shape index (κ1) is 17.0. The molecule has 0 spiro atoms. The van der Waals surface area contributed by atoms with E-state index in [-0.39, 0.29) is 5.91 Å². The summed E-state index contributed by atoms with van der Waals surface area (Å²) in [7, 11) is 0. The van der Waals surface area contributed by atoms with Crippen LogP contribution in [0.5, 0.6) is 0 Å². The number of carbonyl (C=O) groups is 1. The van der Waals surface area contributed by atoms with Gasteiger partial charge < -0.3 is 5.32 Å². The van der Waals surface area contributed by atoms with Crippen molar-refractivity contribution < 1.29 is 4.79 Å². The van der Waals surface area contributed by atoms with Gasteiger partial charge in [0.25, 0.3) is 0 Å². The summed E-state index contributed by atoms with van der Waals surface area (Å²) in [6.45, 7) is 2.06. The maximum absolute atomic E-state index is 12.0. The smallest absolute Gasteiger partial charge is 0.234 e. The maximum atomic E-state index is 12.0. The average Bonchev–Trinajstić information content (AvgIpc) is 3.03. The molecule has 3 nitrogen and oxygen atoms in total. The largest absolute Gasteiger partial charge is 0.325 e. The zero-order valence-corrected chi connectivity index (χ0v) is 15.3. The third-order valence-electron chi connectivity index (χ3n) is 3.27. The molecule has 2 aromatic carbocycles. The highest BCUT2D eigenvalue weighted by atomic mass is 35.5. The van der Waals surface area contributed by atoms with E-state index in [2.05, 4.69) is 41.5 Å². The standard InChI is InChI=1S/C18H15ClN2OS2/c1-12-5-7-13(8-6-12)16-10-23-18(21-16)24-11-17(22)20-15-4-2-3-14(19)9-15/h2-10H,11H2,1H3,(H,20,22). The summed E-state index contributed by atoms with van der Waals surface area (Å²) < 4.78 is 0.881. The number of halogens is 1. The summed E-state index contributed by atoms with van der Waals surface area (Å²) in [6, 6.07) is 15.4. The molecule has 1 amide bonds. The Balaban J connectivity index is 1.57. The molecule has 0 bridgehead atoms. The quantitative estimate of drug-likeness (QED) is 0.599. The SMILES string of the molecule is Cc1ccc(-c2csc(SCC(=O)Nc3cccc(Cl)c3)n2)cc1. The first-order chi connectivity index (χ1) is 11.6. The van der Waals surface area contributed by atoms with Crippen molar-refractivity contribution in [2.24, 2.45) is 0 Å². The monoisotopic (exact) mass is 374 g/mol. The number of hydrogen-bond acceptors (Lipinski definition) is 4. The number of amides is 1. The number of carbonyl (C=O) groups excluding carboxylic acids is 1. The van der Waals surface area contributed by atoms with Crippen LogP contribution in [0.1, 0.15) is 5.56 Å². The summed E-state index contributed by atoms with van der Waals surface area (Å²) in [4.78, 5) is 16.6. The van der Waals surface area contributed by atoms with Gasteiger partial charge in [-0.2, -0.15) is 0 Å². The number of rotatable bonds is 5. The highest BCUT2D eigenvalue weighted by molar-refractivity contribution is 8.01. The Bertz CT molecular complexity index is 846. The van der Waals surface area contributed by atoms with Crippen LogP contribution in [0.2, 0.25) is 5.02 Å². The van der Waals surface area contributed by atoms with Crippen molar-refractivity contribution >= 4 is 46.3 Å². The highest BCUT2D eigenvalue weighted by Gasteiger charge is 2.08. The van der Waals surface area contributed by atoms with Crippen molar-refractivity contribution in [2.45, 2.75) is 11.3 Å². The third kappa shape index (κ3) is 4.60. The van der Waals surface area contributed by atoms with Gasteiger partial charge in [-0.25, -0.2) is 4.98 Å². The molecular weight excluding hydrogens is 360 g/mol. The van der Waals surface area contributed by atoms with Crippen LogP contribution in [-0.4, -0.2) is 16.6 Å². The van der Waals surface area contributed by atoms with E-state index in [1.54, 1.807) is 29.5 Å². The zero-order chi connectivity index (χ0) is 16.9. The molecule has 0 unspecified atom stereocenters. The van der Waals surface area contributed by atoms with Crippen LogP contribution in [0.3, 0.4) is 0 Å². The molecular formula is C18H15ClN2OS2. The fourth-order valence-electron chi connectivity index (χ4n) is 2.07. The fraction of sp³-hybridized carbons (Fsp3) is 0.111. The highest BCUT2D eigenvalue weighted by Crippen LogP contribution is 2.28. The van der Waals surface area contributed by atoms with Crippen LogP contribution in [-0.2, 0) is 4.79 Å². The number of aromatic nitrogens is 1. The lowest BCUT2D eigenvalue weighted by molar-refractivity contribution is -0.113. The first-order valence-corrected chi connectivity index (χ1v) is 9.55. The van der Waals surface area contributed by atoms with Gasteiger partial charge in [0, 0.05) is 21.7 Å². The number of anilines is 1. The molecule has 1 heterocycles. The molecule has 0 fully saturated rings. The molecule has 0 aliphatic heterocycles. The Kier molecular flexibility index (Phi) is 5.56. The van der Waals surface area contributed by atoms with Crippen molar-refractivity contribution in [3.63, 3.8) is 0 Å². The molecule has 0 saturated carbocycles. The van der Waals surface area contributed by atoms with Gasteiger partial charge in [-0.3, -0.25) is 4.79 Å². The average molecular weight is 375 g/mol. The number of benzene rings is 2. The van der Waals surface area contributed by atoms with Gasteiger partial charge in [-0.15, -0.1) is 11.3 Å². The van der Waals surface area contributed by atoms with Crippen LogP contribution >= 0.6 is 34.7 Å². The van der Waals surface area contributed by atoms with Crippen molar-refractivity contribution in [1.82, 2.24) is 4.98 Å². The predicted octanol–water partition coefficient (Wildman–Crippen LogP) is 5.50. The molecule has 0 radical (unpaired) electrons. The van der Waals surface area contributed by atoms with E-state index in [4.69, 9.17) is 11.6 Å². The second-order valence-corrected chi connectivity index (χ2v) is 7.73. The van der Waals surface area contributed by atoms with Gasteiger partial charge in [-0.05, 0) is 25.1 Å². The minimum absolute atomic E-state index is 0.0747. The van der Waals surface area contributed by atoms with Gasteiger partial charge in [-0.1, -0.05) is 59.3 Å². The van der Waals surface area contributed by atoms with Gasteiger partial charge in [0.2, 0.25) is 5.91 Å². The molecule has 0 atom stereocenters. The van der Waals surface area contributed by atoms with Gasteiger partial charge in [0.05, 0.1) is 11.4 Å². The Morgan fingerprint density at radius 1 is 1.25 bits per heavy atom. The van der Waals surface area contributed by atoms with E-state index >= 15 is 0 Å². The van der Waals surface area contributed by atoms with Crippen molar-refractivity contribution in [3.05, 3.63) is 64.5 Å². The van der Waals surface area contributed by atoms with Gasteiger partial charge >= 0.3 is 0 Å². The van der Waals surface area contributed by atoms with E-state index in [1.165, 1.54) is 17.3 Å². The summed E-state index contributed by atoms with van der Waals surface area (Å²) in [6.07, 6.45) is 0. The lowest BCUT2D eigenvalue weighted by Crippen LogP contribution is -2.13. The molecule has 122 valence electrons. The van der Waals surface area contributed by atoms with E-state index in [0.717, 1.165) is 15.6 Å². The second kappa shape index (κ2) is 7.83. The van der Waals surface area contributed by atoms with Gasteiger partial charge in [0.1, 0.15) is 0 Å². The van der Waals surface area contributed by atoms with E-state index < -0.39 is 0 Å². The van der Waals surface area contributed by atoms with Crippen LogP contribution in [0.4, 0.5) is 5.69 Å². The van der Waals surface area contributed by atoms with Crippen molar-refractivity contribution in [3.8, 4) is 11.3 Å². The molecule has 1 N–H and O–H groups in total. The molecule has 6 heteroatoms. The van der Waals surface area contributed by atoms with E-state index in [0.29, 0.717) is 16.5 Å². The number of hydrogen-bond donors (Lipinski definition) is 1. The Morgan fingerprint density at radius 3 is 2.79 bits per heavy atom. The minimum atomic E-state index is -0.0747. The third-order valence-corrected chi connectivity index (χ3v) is 5.52. The number of nitrogens with one attached hydrogen (secondary N) is 1. The predicted molar refractivity (Wildman–Crippen MR) is 103 cm³/mol. The molecule has 0 aliphatic carbocycles. The molecule has 24 heavy (non-hydrogen) atoms. The summed E-state index contributed by atoms with van der Waals surface area (Å²) in [5.74, 6) is 0.238. The lowest BCUT2D eigenvalue weighted by atomic mass is 10.1. The van der Waals surface area contributed by atoms with Crippen molar-refractivity contribution in [2.75, 3.05) is 11.1 Å². The molecule has 3 aromatic rings. The molecule has 1 aromatic heterocycles. The number of nitrogens with zero attached hydrogens (tertiary/aromatic N) is 1. The summed E-state index contributed by atoms with van der Waals surface area (Å²) in [5.41, 5.74) is 3.96. The first-order valence-electron chi connectivity index (χ1n) is 7.31. The minimum Gasteiger partial charge on any atom is -0.325 e. The Labute approximate surface area is 154 Å². The lowest BCUT2D eigenvalue weighted by Gasteiger charge is -2.04. The van der Waals surface area contributed by atoms with Gasteiger partial charge in [0.15, 0.2) is 4.34 Å². The topological polar surface area (TPSA) is 42.0 Å². The molecule has 0 aliphatic rings.